The first-order valence-electron chi connectivity index (χ1n) is 16.8. The molecule has 0 saturated heterocycles. The number of amides is 3. The summed E-state index contributed by atoms with van der Waals surface area (Å²) in [5.41, 5.74) is 10.8. The largest absolute Gasteiger partial charge is 0.351 e. The van der Waals surface area contributed by atoms with Crippen molar-refractivity contribution in [3.8, 4) is 11.1 Å². The van der Waals surface area contributed by atoms with Crippen LogP contribution in [-0.2, 0) is 16.0 Å². The molecule has 0 aliphatic heterocycles. The number of carbonyl (C=O) groups is 3. The van der Waals surface area contributed by atoms with Crippen LogP contribution >= 0.6 is 12.4 Å². The zero-order valence-electron chi connectivity index (χ0n) is 27.8. The Morgan fingerprint density at radius 1 is 0.958 bits per heavy atom. The smallest absolute Gasteiger partial charge is 0.251 e. The summed E-state index contributed by atoms with van der Waals surface area (Å²) in [7, 11) is 0. The van der Waals surface area contributed by atoms with E-state index in [9.17, 15) is 14.4 Å². The summed E-state index contributed by atoms with van der Waals surface area (Å²) in [6, 6.07) is 20.3. The summed E-state index contributed by atoms with van der Waals surface area (Å²) in [4.78, 5) is 42.1. The lowest BCUT2D eigenvalue weighted by atomic mass is 9.81. The van der Waals surface area contributed by atoms with Crippen LogP contribution in [0, 0.1) is 11.8 Å². The van der Waals surface area contributed by atoms with E-state index in [-0.39, 0.29) is 36.0 Å². The van der Waals surface area contributed by atoms with E-state index >= 15 is 0 Å². The summed E-state index contributed by atoms with van der Waals surface area (Å²) in [6.45, 7) is 8.20. The van der Waals surface area contributed by atoms with Crippen LogP contribution in [-0.4, -0.2) is 71.6 Å². The van der Waals surface area contributed by atoms with Gasteiger partial charge in [-0.2, -0.15) is 5.10 Å². The zero-order valence-corrected chi connectivity index (χ0v) is 28.7. The van der Waals surface area contributed by atoms with Gasteiger partial charge in [-0.15, -0.1) is 12.4 Å². The van der Waals surface area contributed by atoms with Crippen LogP contribution in [0.5, 0.6) is 0 Å². The van der Waals surface area contributed by atoms with Gasteiger partial charge in [0.2, 0.25) is 11.8 Å². The van der Waals surface area contributed by atoms with E-state index in [0.717, 1.165) is 72.9 Å². The number of aromatic nitrogens is 2. The van der Waals surface area contributed by atoms with E-state index in [1.165, 1.54) is 0 Å². The minimum Gasteiger partial charge on any atom is -0.351 e. The van der Waals surface area contributed by atoms with E-state index in [1.54, 1.807) is 6.20 Å². The molecule has 1 aliphatic carbocycles. The van der Waals surface area contributed by atoms with E-state index in [4.69, 9.17) is 5.73 Å². The number of nitrogens with zero attached hydrogens (tertiary/aromatic N) is 2. The fourth-order valence-corrected chi connectivity index (χ4v) is 6.30. The maximum Gasteiger partial charge on any atom is 0.251 e. The number of H-pyrrole nitrogens is 1. The Hall–Kier alpha value is -4.25. The Bertz CT molecular complexity index is 1650. The first kappa shape index (κ1) is 36.6. The first-order valence-corrected chi connectivity index (χ1v) is 16.8. The number of rotatable bonds is 14. The Morgan fingerprint density at radius 3 is 2.42 bits per heavy atom. The minimum atomic E-state index is -0.773. The van der Waals surface area contributed by atoms with Gasteiger partial charge in [0.05, 0.1) is 11.7 Å². The van der Waals surface area contributed by atoms with Crippen molar-refractivity contribution in [1.29, 1.82) is 0 Å². The normalized spacial score (nSPS) is 16.6. The molecule has 0 bridgehead atoms. The molecular weight excluding hydrogens is 626 g/mol. The van der Waals surface area contributed by atoms with Gasteiger partial charge in [-0.05, 0) is 98.3 Å². The average molecular weight is 674 g/mol. The van der Waals surface area contributed by atoms with Crippen molar-refractivity contribution in [3.05, 3.63) is 84.1 Å². The highest BCUT2D eigenvalue weighted by Gasteiger charge is 2.29. The van der Waals surface area contributed by atoms with E-state index in [0.29, 0.717) is 36.7 Å². The van der Waals surface area contributed by atoms with Gasteiger partial charge in [0.25, 0.3) is 5.91 Å². The molecule has 1 atom stereocenters. The molecule has 5 rings (SSSR count). The van der Waals surface area contributed by atoms with Gasteiger partial charge in [-0.1, -0.05) is 50.2 Å². The van der Waals surface area contributed by atoms with Crippen molar-refractivity contribution in [1.82, 2.24) is 25.7 Å². The SMILES string of the molecule is CCN(CC)CCNC(=O)c1ccc(-c2cccc(C[C@H](NC(=O)[C@H]3CC[C@H](CN)CC3)C(=O)Nc3ccc4cn[nH]c4c3)c2)cc1.Cl. The molecule has 1 fully saturated rings. The lowest BCUT2D eigenvalue weighted by Gasteiger charge is -2.28. The second-order valence-corrected chi connectivity index (χ2v) is 12.4. The summed E-state index contributed by atoms with van der Waals surface area (Å²) >= 11 is 0. The molecule has 4 aromatic rings. The number of aromatic amines is 1. The highest BCUT2D eigenvalue weighted by Crippen LogP contribution is 2.29. The van der Waals surface area contributed by atoms with Crippen LogP contribution in [0.15, 0.2) is 72.9 Å². The summed E-state index contributed by atoms with van der Waals surface area (Å²) in [5, 5.41) is 17.0. The summed E-state index contributed by atoms with van der Waals surface area (Å²) in [6.07, 6.45) is 5.45. The first-order chi connectivity index (χ1) is 22.9. The molecule has 6 N–H and O–H groups in total. The van der Waals surface area contributed by atoms with E-state index < -0.39 is 6.04 Å². The van der Waals surface area contributed by atoms with Crippen LogP contribution in [0.25, 0.3) is 22.0 Å². The van der Waals surface area contributed by atoms with Gasteiger partial charge in [0.1, 0.15) is 6.04 Å². The van der Waals surface area contributed by atoms with Crippen molar-refractivity contribution in [2.45, 2.75) is 52.0 Å². The number of carbonyl (C=O) groups excluding carboxylic acids is 3. The Kier molecular flexibility index (Phi) is 13.5. The quantitative estimate of drug-likeness (QED) is 0.125. The highest BCUT2D eigenvalue weighted by atomic mass is 35.5. The average Bonchev–Trinajstić information content (AvgIpc) is 3.58. The lowest BCUT2D eigenvalue weighted by molar-refractivity contribution is -0.130. The molecule has 1 aliphatic rings. The second kappa shape index (κ2) is 17.8. The Labute approximate surface area is 289 Å². The van der Waals surface area contributed by atoms with Crippen molar-refractivity contribution >= 4 is 46.7 Å². The monoisotopic (exact) mass is 673 g/mol. The number of nitrogens with one attached hydrogen (secondary N) is 4. The summed E-state index contributed by atoms with van der Waals surface area (Å²) < 4.78 is 0. The van der Waals surface area contributed by atoms with Gasteiger partial charge < -0.3 is 26.6 Å². The van der Waals surface area contributed by atoms with Gasteiger partial charge in [0.15, 0.2) is 0 Å². The van der Waals surface area contributed by atoms with E-state index in [1.807, 2.05) is 66.7 Å². The van der Waals surface area contributed by atoms with Crippen molar-refractivity contribution in [2.75, 3.05) is 38.0 Å². The topological polar surface area (TPSA) is 145 Å². The van der Waals surface area contributed by atoms with Crippen LogP contribution in [0.4, 0.5) is 5.69 Å². The number of hydrogen-bond donors (Lipinski definition) is 5. The molecule has 0 unspecified atom stereocenters. The molecule has 1 saturated carbocycles. The molecule has 0 radical (unpaired) electrons. The Balaban J connectivity index is 0.00000520. The maximum atomic E-state index is 13.7. The number of benzene rings is 3. The fourth-order valence-electron chi connectivity index (χ4n) is 6.30. The standard InChI is InChI=1S/C37H47N7O3.ClH/c1-3-44(4-2)19-18-39-35(45)28-14-12-27(13-15-28)30-7-5-6-26(20-30)21-34(42-36(46)29-10-8-25(23-38)9-11-29)37(47)41-32-17-16-31-24-40-43-33(31)22-32;/h5-7,12-17,20,22,24-25,29,34H,3-4,8-11,18-19,21,23,38H2,1-2H3,(H,39,45)(H,40,43)(H,41,47)(H,42,46);1H/t25-,29-,34-;/m0./s1. The van der Waals surface area contributed by atoms with Crippen LogP contribution in [0.2, 0.25) is 0 Å². The molecule has 256 valence electrons. The predicted octanol–water partition coefficient (Wildman–Crippen LogP) is 5.15. The molecule has 1 aromatic heterocycles. The third-order valence-electron chi connectivity index (χ3n) is 9.35. The minimum absolute atomic E-state index is 0. The van der Waals surface area contributed by atoms with Crippen molar-refractivity contribution in [2.24, 2.45) is 17.6 Å². The molecular formula is C37H48ClN7O3. The maximum absolute atomic E-state index is 13.7. The van der Waals surface area contributed by atoms with Crippen molar-refractivity contribution in [3.63, 3.8) is 0 Å². The fraction of sp³-hybridized carbons (Fsp3) is 0.405. The van der Waals surface area contributed by atoms with Crippen LogP contribution in [0.3, 0.4) is 0 Å². The number of halogens is 1. The number of hydrogen-bond acceptors (Lipinski definition) is 6. The predicted molar refractivity (Wildman–Crippen MR) is 194 cm³/mol. The summed E-state index contributed by atoms with van der Waals surface area (Å²) in [5.74, 6) is -0.139. The molecule has 10 nitrogen and oxygen atoms in total. The number of likely N-dealkylation sites (N-methyl/N-ethyl adjacent to an activating group) is 1. The van der Waals surface area contributed by atoms with Crippen molar-refractivity contribution < 1.29 is 14.4 Å². The third kappa shape index (κ3) is 9.65. The van der Waals surface area contributed by atoms with Crippen LogP contribution in [0.1, 0.15) is 55.5 Å². The lowest BCUT2D eigenvalue weighted by Crippen LogP contribution is -2.48. The molecule has 3 amide bonds. The molecule has 11 heteroatoms. The van der Waals surface area contributed by atoms with Gasteiger partial charge in [-0.25, -0.2) is 0 Å². The third-order valence-corrected chi connectivity index (χ3v) is 9.35. The number of nitrogens with two attached hydrogens (primary N) is 1. The molecule has 1 heterocycles. The molecule has 0 spiro atoms. The van der Waals surface area contributed by atoms with Crippen LogP contribution < -0.4 is 21.7 Å². The van der Waals surface area contributed by atoms with Gasteiger partial charge in [-0.3, -0.25) is 19.5 Å². The van der Waals surface area contributed by atoms with Gasteiger partial charge >= 0.3 is 0 Å². The molecule has 3 aromatic carbocycles. The highest BCUT2D eigenvalue weighted by molar-refractivity contribution is 5.99. The van der Waals surface area contributed by atoms with E-state index in [2.05, 4.69) is 44.9 Å². The number of fused-ring (bicyclic) bond motifs is 1. The van der Waals surface area contributed by atoms with Gasteiger partial charge in [0, 0.05) is 42.1 Å². The molecule has 48 heavy (non-hydrogen) atoms. The Morgan fingerprint density at radius 2 is 1.71 bits per heavy atom. The second-order valence-electron chi connectivity index (χ2n) is 12.4. The number of anilines is 1. The zero-order chi connectivity index (χ0) is 33.2.